The van der Waals surface area contributed by atoms with Gasteiger partial charge in [-0.3, -0.25) is 4.79 Å². The Labute approximate surface area is 165 Å². The summed E-state index contributed by atoms with van der Waals surface area (Å²) in [6, 6.07) is 12.4. The molecule has 3 aromatic rings. The summed E-state index contributed by atoms with van der Waals surface area (Å²) in [7, 11) is 0. The number of nitrogens with zero attached hydrogens (tertiary/aromatic N) is 1. The van der Waals surface area contributed by atoms with Crippen LogP contribution >= 0.6 is 27.3 Å². The smallest absolute Gasteiger partial charge is 0.268 e. The van der Waals surface area contributed by atoms with Gasteiger partial charge in [-0.15, -0.1) is 11.3 Å². The number of amides is 1. The van der Waals surface area contributed by atoms with Crippen molar-refractivity contribution in [2.45, 2.75) is 32.4 Å². The second-order valence-corrected chi connectivity index (χ2v) is 8.90. The van der Waals surface area contributed by atoms with Crippen molar-refractivity contribution in [2.24, 2.45) is 0 Å². The van der Waals surface area contributed by atoms with Crippen molar-refractivity contribution in [1.29, 1.82) is 0 Å². The minimum atomic E-state index is -0.0290. The van der Waals surface area contributed by atoms with Gasteiger partial charge in [0.25, 0.3) is 5.91 Å². The Bertz CT molecular complexity index is 923. The van der Waals surface area contributed by atoms with Gasteiger partial charge < -0.3 is 14.6 Å². The summed E-state index contributed by atoms with van der Waals surface area (Å²) in [5, 5.41) is 3.05. The molecule has 0 spiro atoms. The molecule has 4 rings (SSSR count). The molecule has 2 aromatic heterocycles. The molecule has 6 heteroatoms. The third-order valence-electron chi connectivity index (χ3n) is 4.71. The van der Waals surface area contributed by atoms with Crippen LogP contribution in [0.25, 0.3) is 10.2 Å². The molecule has 1 aliphatic heterocycles. The first-order valence-electron chi connectivity index (χ1n) is 8.84. The monoisotopic (exact) mass is 432 g/mol. The number of nitrogens with one attached hydrogen (secondary N) is 1. The summed E-state index contributed by atoms with van der Waals surface area (Å²) in [5.74, 6) is -0.0290. The average Bonchev–Trinajstić information content (AvgIpc) is 3.32. The fourth-order valence-electron chi connectivity index (χ4n) is 3.40. The van der Waals surface area contributed by atoms with Gasteiger partial charge in [0.05, 0.1) is 16.3 Å². The van der Waals surface area contributed by atoms with Gasteiger partial charge in [-0.05, 0) is 49.6 Å². The van der Waals surface area contributed by atoms with Gasteiger partial charge >= 0.3 is 0 Å². The highest BCUT2D eigenvalue weighted by Crippen LogP contribution is 2.29. The van der Waals surface area contributed by atoms with E-state index in [4.69, 9.17) is 4.74 Å². The Balaban J connectivity index is 1.61. The molecule has 0 saturated carbocycles. The number of rotatable bonds is 5. The summed E-state index contributed by atoms with van der Waals surface area (Å²) in [6.45, 7) is 4.16. The number of aryl methyl sites for hydroxylation is 1. The number of ether oxygens (including phenoxy) is 1. The van der Waals surface area contributed by atoms with Gasteiger partial charge in [-0.2, -0.15) is 0 Å². The van der Waals surface area contributed by atoms with E-state index in [1.165, 1.54) is 10.4 Å². The van der Waals surface area contributed by atoms with E-state index in [1.54, 1.807) is 11.3 Å². The molecule has 3 heterocycles. The van der Waals surface area contributed by atoms with Crippen LogP contribution in [0.3, 0.4) is 0 Å². The van der Waals surface area contributed by atoms with E-state index in [-0.39, 0.29) is 12.0 Å². The molecule has 1 aromatic carbocycles. The fraction of sp³-hybridized carbons (Fsp3) is 0.350. The lowest BCUT2D eigenvalue weighted by molar-refractivity contribution is 0.0851. The number of thiophene rings is 1. The number of benzene rings is 1. The quantitative estimate of drug-likeness (QED) is 0.632. The van der Waals surface area contributed by atoms with Gasteiger partial charge in [0, 0.05) is 29.0 Å². The van der Waals surface area contributed by atoms with E-state index < -0.39 is 0 Å². The second kappa shape index (κ2) is 7.55. The Kier molecular flexibility index (Phi) is 5.16. The van der Waals surface area contributed by atoms with Crippen molar-refractivity contribution in [3.63, 3.8) is 0 Å². The molecular formula is C20H21BrN2O2S. The highest BCUT2D eigenvalue weighted by Gasteiger charge is 2.20. The molecule has 1 fully saturated rings. The molecule has 0 unspecified atom stereocenters. The van der Waals surface area contributed by atoms with E-state index in [2.05, 4.69) is 50.9 Å². The van der Waals surface area contributed by atoms with Crippen LogP contribution in [0.2, 0.25) is 0 Å². The molecular weight excluding hydrogens is 412 g/mol. The van der Waals surface area contributed by atoms with E-state index in [0.717, 1.165) is 34.1 Å². The molecule has 26 heavy (non-hydrogen) atoms. The molecule has 1 amide bonds. The molecule has 0 aliphatic carbocycles. The highest BCUT2D eigenvalue weighted by molar-refractivity contribution is 9.10. The molecule has 4 nitrogen and oxygen atoms in total. The summed E-state index contributed by atoms with van der Waals surface area (Å²) >= 11 is 5.20. The van der Waals surface area contributed by atoms with Crippen LogP contribution in [0.5, 0.6) is 0 Å². The maximum Gasteiger partial charge on any atom is 0.268 e. The molecule has 1 atom stereocenters. The van der Waals surface area contributed by atoms with Crippen molar-refractivity contribution in [3.05, 3.63) is 57.0 Å². The number of carbonyl (C=O) groups excluding carboxylic acids is 1. The predicted molar refractivity (Wildman–Crippen MR) is 109 cm³/mol. The second-order valence-electron chi connectivity index (χ2n) is 6.69. The Morgan fingerprint density at radius 1 is 1.35 bits per heavy atom. The SMILES string of the molecule is Cc1cc2c(cc(C(=O)NC[C@H]3CCCO3)n2Cc2ccc(Br)cc2)s1. The van der Waals surface area contributed by atoms with Crippen LogP contribution in [0.1, 0.15) is 33.8 Å². The zero-order valence-corrected chi connectivity index (χ0v) is 17.0. The van der Waals surface area contributed by atoms with E-state index in [9.17, 15) is 4.79 Å². The van der Waals surface area contributed by atoms with Crippen LogP contribution in [0.4, 0.5) is 0 Å². The zero-order chi connectivity index (χ0) is 18.1. The van der Waals surface area contributed by atoms with Crippen molar-refractivity contribution in [3.8, 4) is 0 Å². The standard InChI is InChI=1S/C20H21BrN2O2S/c1-13-9-17-19(26-13)10-18(20(24)22-11-16-3-2-8-25-16)23(17)12-14-4-6-15(21)7-5-14/h4-7,9-10,16H,2-3,8,11-12H2,1H3,(H,22,24)/t16-/m1/s1. The van der Waals surface area contributed by atoms with Crippen molar-refractivity contribution < 1.29 is 9.53 Å². The number of fused-ring (bicyclic) bond motifs is 1. The average molecular weight is 433 g/mol. The maximum atomic E-state index is 12.8. The Morgan fingerprint density at radius 2 is 2.15 bits per heavy atom. The number of hydrogen-bond donors (Lipinski definition) is 1. The third kappa shape index (κ3) is 3.72. The van der Waals surface area contributed by atoms with Gasteiger partial charge in [0.1, 0.15) is 5.69 Å². The Hall–Kier alpha value is -1.63. The van der Waals surface area contributed by atoms with Crippen LogP contribution in [0, 0.1) is 6.92 Å². The summed E-state index contributed by atoms with van der Waals surface area (Å²) in [5.41, 5.74) is 3.01. The Morgan fingerprint density at radius 3 is 2.88 bits per heavy atom. The molecule has 0 bridgehead atoms. The zero-order valence-electron chi connectivity index (χ0n) is 14.6. The molecule has 1 saturated heterocycles. The van der Waals surface area contributed by atoms with Gasteiger partial charge in [0.15, 0.2) is 0 Å². The van der Waals surface area contributed by atoms with E-state index in [0.29, 0.717) is 18.8 Å². The third-order valence-corrected chi connectivity index (χ3v) is 6.23. The minimum absolute atomic E-state index is 0.0290. The van der Waals surface area contributed by atoms with Crippen molar-refractivity contribution in [1.82, 2.24) is 9.88 Å². The van der Waals surface area contributed by atoms with Gasteiger partial charge in [-0.1, -0.05) is 28.1 Å². The largest absolute Gasteiger partial charge is 0.376 e. The van der Waals surface area contributed by atoms with Crippen molar-refractivity contribution in [2.75, 3.05) is 13.2 Å². The van der Waals surface area contributed by atoms with E-state index >= 15 is 0 Å². The molecule has 136 valence electrons. The number of halogens is 1. The summed E-state index contributed by atoms with van der Waals surface area (Å²) in [6.07, 6.45) is 2.25. The van der Waals surface area contributed by atoms with Gasteiger partial charge in [-0.25, -0.2) is 0 Å². The lowest BCUT2D eigenvalue weighted by Crippen LogP contribution is -2.33. The lowest BCUT2D eigenvalue weighted by atomic mass is 10.2. The van der Waals surface area contributed by atoms with Crippen LogP contribution in [0.15, 0.2) is 40.9 Å². The lowest BCUT2D eigenvalue weighted by Gasteiger charge is -2.13. The number of hydrogen-bond acceptors (Lipinski definition) is 3. The first-order chi connectivity index (χ1) is 12.6. The van der Waals surface area contributed by atoms with Crippen LogP contribution < -0.4 is 5.32 Å². The van der Waals surface area contributed by atoms with Crippen molar-refractivity contribution >= 4 is 43.4 Å². The predicted octanol–water partition coefficient (Wildman–Crippen LogP) is 4.73. The first kappa shape index (κ1) is 17.8. The minimum Gasteiger partial charge on any atom is -0.376 e. The van der Waals surface area contributed by atoms with E-state index in [1.807, 2.05) is 18.2 Å². The molecule has 1 aliphatic rings. The number of carbonyl (C=O) groups is 1. The highest BCUT2D eigenvalue weighted by atomic mass is 79.9. The first-order valence-corrected chi connectivity index (χ1v) is 10.4. The summed E-state index contributed by atoms with van der Waals surface area (Å²) < 4.78 is 9.94. The topological polar surface area (TPSA) is 43.3 Å². The maximum absolute atomic E-state index is 12.8. The van der Waals surface area contributed by atoms with Crippen LogP contribution in [-0.2, 0) is 11.3 Å². The van der Waals surface area contributed by atoms with Gasteiger partial charge in [0.2, 0.25) is 0 Å². The molecule has 0 radical (unpaired) electrons. The fourth-order valence-corrected chi connectivity index (χ4v) is 4.62. The number of aromatic nitrogens is 1. The normalized spacial score (nSPS) is 17.1. The van der Waals surface area contributed by atoms with Crippen LogP contribution in [-0.4, -0.2) is 29.7 Å². The molecule has 1 N–H and O–H groups in total. The summed E-state index contributed by atoms with van der Waals surface area (Å²) in [4.78, 5) is 14.1.